The van der Waals surface area contributed by atoms with Crippen LogP contribution in [0.25, 0.3) is 0 Å². The largest absolute Gasteiger partial charge is 0.352 e. The Kier molecular flexibility index (Phi) is 4.27. The van der Waals surface area contributed by atoms with Crippen LogP contribution in [0, 0.1) is 6.92 Å². The van der Waals surface area contributed by atoms with Gasteiger partial charge in [0.2, 0.25) is 0 Å². The second kappa shape index (κ2) is 6.16. The molecule has 1 aliphatic rings. The highest BCUT2D eigenvalue weighted by molar-refractivity contribution is 7.10. The predicted molar refractivity (Wildman–Crippen MR) is 90.0 cm³/mol. The Morgan fingerprint density at radius 2 is 2.33 bits per heavy atom. The zero-order chi connectivity index (χ0) is 14.8. The number of aromatic nitrogens is 1. The summed E-state index contributed by atoms with van der Waals surface area (Å²) >= 11 is 1.88. The van der Waals surface area contributed by atoms with Gasteiger partial charge in [-0.2, -0.15) is 0 Å². The van der Waals surface area contributed by atoms with E-state index in [1.807, 2.05) is 17.5 Å². The highest BCUT2D eigenvalue weighted by Crippen LogP contribution is 2.28. The van der Waals surface area contributed by atoms with Crippen molar-refractivity contribution in [2.75, 3.05) is 11.4 Å². The Morgan fingerprint density at radius 3 is 3.10 bits per heavy atom. The van der Waals surface area contributed by atoms with E-state index < -0.39 is 0 Å². The summed E-state index contributed by atoms with van der Waals surface area (Å²) in [5.74, 6) is 1.13. The van der Waals surface area contributed by atoms with Crippen molar-refractivity contribution in [1.82, 2.24) is 4.98 Å². The number of fused-ring (bicyclic) bond motifs is 1. The number of hydrogen-bond acceptors (Lipinski definition) is 4. The first-order valence-corrected chi connectivity index (χ1v) is 8.56. The van der Waals surface area contributed by atoms with Crippen molar-refractivity contribution in [3.8, 4) is 0 Å². The van der Waals surface area contributed by atoms with E-state index in [-0.39, 0.29) is 6.04 Å². The molecular weight excluding hydrogens is 278 g/mol. The Balaban J connectivity index is 1.77. The number of rotatable bonds is 4. The lowest BCUT2D eigenvalue weighted by atomic mass is 10.0. The molecule has 0 fully saturated rings. The quantitative estimate of drug-likeness (QED) is 0.942. The third-order valence-corrected chi connectivity index (χ3v) is 5.26. The molecule has 3 heterocycles. The van der Waals surface area contributed by atoms with Gasteiger partial charge in [-0.1, -0.05) is 13.0 Å². The summed E-state index contributed by atoms with van der Waals surface area (Å²) in [6.07, 6.45) is 5.06. The average molecular weight is 301 g/mol. The minimum absolute atomic E-state index is 0.236. The third-order valence-electron chi connectivity index (χ3n) is 4.24. The molecular formula is C17H23N3S. The Hall–Kier alpha value is -1.39. The fourth-order valence-corrected chi connectivity index (χ4v) is 3.83. The monoisotopic (exact) mass is 301 g/mol. The van der Waals surface area contributed by atoms with Gasteiger partial charge in [0, 0.05) is 30.2 Å². The summed E-state index contributed by atoms with van der Waals surface area (Å²) in [5.41, 5.74) is 10.0. The van der Waals surface area contributed by atoms with Crippen molar-refractivity contribution < 1.29 is 0 Å². The first-order chi connectivity index (χ1) is 10.2. The van der Waals surface area contributed by atoms with Gasteiger partial charge in [0.15, 0.2) is 0 Å². The van der Waals surface area contributed by atoms with Crippen molar-refractivity contribution in [2.45, 2.75) is 45.7 Å². The lowest BCUT2D eigenvalue weighted by Gasteiger charge is -2.29. The molecule has 1 aliphatic heterocycles. The van der Waals surface area contributed by atoms with Gasteiger partial charge in [0.05, 0.1) is 0 Å². The average Bonchev–Trinajstić information content (AvgIpc) is 2.94. The number of thiophene rings is 1. The molecule has 1 unspecified atom stereocenters. The zero-order valence-electron chi connectivity index (χ0n) is 12.8. The van der Waals surface area contributed by atoms with Crippen molar-refractivity contribution in [3.05, 3.63) is 45.3 Å². The first-order valence-electron chi connectivity index (χ1n) is 7.68. The molecule has 4 heteroatoms. The highest BCUT2D eigenvalue weighted by Gasteiger charge is 2.19. The second-order valence-corrected chi connectivity index (χ2v) is 6.90. The van der Waals surface area contributed by atoms with Gasteiger partial charge < -0.3 is 10.6 Å². The standard InChI is InChI=1S/C17H23N3S/c1-3-15(18)9-13-8-12(2)17(19-10-13)20-6-4-16-14(11-20)5-7-21-16/h5,7-8,10,15H,3-4,6,9,11,18H2,1-2H3. The van der Waals surface area contributed by atoms with Crippen LogP contribution in [-0.4, -0.2) is 17.6 Å². The summed E-state index contributed by atoms with van der Waals surface area (Å²) in [5, 5.41) is 2.20. The Bertz CT molecular complexity index is 620. The van der Waals surface area contributed by atoms with Gasteiger partial charge in [0.25, 0.3) is 0 Å². The molecule has 0 amide bonds. The molecule has 0 bridgehead atoms. The van der Waals surface area contributed by atoms with Crippen LogP contribution in [0.3, 0.4) is 0 Å². The number of nitrogens with zero attached hydrogens (tertiary/aromatic N) is 2. The molecule has 0 saturated heterocycles. The third kappa shape index (κ3) is 3.11. The fourth-order valence-electron chi connectivity index (χ4n) is 2.94. The molecule has 0 aliphatic carbocycles. The Labute approximate surface area is 130 Å². The highest BCUT2D eigenvalue weighted by atomic mass is 32.1. The fraction of sp³-hybridized carbons (Fsp3) is 0.471. The lowest BCUT2D eigenvalue weighted by molar-refractivity contribution is 0.644. The molecule has 1 atom stereocenters. The number of hydrogen-bond donors (Lipinski definition) is 1. The number of pyridine rings is 1. The maximum absolute atomic E-state index is 6.04. The number of aryl methyl sites for hydroxylation is 1. The zero-order valence-corrected chi connectivity index (χ0v) is 13.6. The van der Waals surface area contributed by atoms with Crippen LogP contribution in [0.1, 0.15) is 34.9 Å². The van der Waals surface area contributed by atoms with Gasteiger partial charge in [0.1, 0.15) is 5.82 Å². The number of anilines is 1. The van der Waals surface area contributed by atoms with E-state index in [9.17, 15) is 0 Å². The molecule has 0 spiro atoms. The van der Waals surface area contributed by atoms with Crippen molar-refractivity contribution in [3.63, 3.8) is 0 Å². The second-order valence-electron chi connectivity index (χ2n) is 5.90. The van der Waals surface area contributed by atoms with E-state index in [0.29, 0.717) is 0 Å². The summed E-state index contributed by atoms with van der Waals surface area (Å²) in [7, 11) is 0. The van der Waals surface area contributed by atoms with E-state index in [0.717, 1.165) is 38.2 Å². The van der Waals surface area contributed by atoms with Gasteiger partial charge >= 0.3 is 0 Å². The molecule has 112 valence electrons. The van der Waals surface area contributed by atoms with E-state index in [2.05, 4.69) is 36.3 Å². The molecule has 3 nitrogen and oxygen atoms in total. The molecule has 21 heavy (non-hydrogen) atoms. The first kappa shape index (κ1) is 14.5. The normalized spacial score (nSPS) is 15.9. The molecule has 0 saturated carbocycles. The van der Waals surface area contributed by atoms with Crippen LogP contribution in [0.2, 0.25) is 0 Å². The van der Waals surface area contributed by atoms with Crippen LogP contribution >= 0.6 is 11.3 Å². The maximum Gasteiger partial charge on any atom is 0.131 e. The molecule has 0 radical (unpaired) electrons. The van der Waals surface area contributed by atoms with Gasteiger partial charge in [-0.15, -0.1) is 11.3 Å². The van der Waals surface area contributed by atoms with E-state index in [1.54, 1.807) is 0 Å². The van der Waals surface area contributed by atoms with E-state index >= 15 is 0 Å². The van der Waals surface area contributed by atoms with E-state index in [4.69, 9.17) is 10.7 Å². The van der Waals surface area contributed by atoms with Gasteiger partial charge in [-0.3, -0.25) is 0 Å². The van der Waals surface area contributed by atoms with E-state index in [1.165, 1.54) is 21.6 Å². The number of nitrogens with two attached hydrogens (primary N) is 1. The summed E-state index contributed by atoms with van der Waals surface area (Å²) < 4.78 is 0. The minimum atomic E-state index is 0.236. The topological polar surface area (TPSA) is 42.1 Å². The van der Waals surface area contributed by atoms with Crippen molar-refractivity contribution in [2.24, 2.45) is 5.73 Å². The van der Waals surface area contributed by atoms with Crippen LogP contribution in [0.4, 0.5) is 5.82 Å². The summed E-state index contributed by atoms with van der Waals surface area (Å²) in [6, 6.07) is 4.73. The van der Waals surface area contributed by atoms with Crippen molar-refractivity contribution >= 4 is 17.2 Å². The lowest BCUT2D eigenvalue weighted by Crippen LogP contribution is -2.30. The van der Waals surface area contributed by atoms with Gasteiger partial charge in [-0.25, -0.2) is 4.98 Å². The SMILES string of the molecule is CCC(N)Cc1cnc(N2CCc3sccc3C2)c(C)c1. The summed E-state index contributed by atoms with van der Waals surface area (Å²) in [4.78, 5) is 8.65. The molecule has 2 N–H and O–H groups in total. The molecule has 3 rings (SSSR count). The Morgan fingerprint density at radius 1 is 1.48 bits per heavy atom. The maximum atomic E-state index is 6.04. The van der Waals surface area contributed by atoms with Crippen LogP contribution in [-0.2, 0) is 19.4 Å². The molecule has 2 aromatic heterocycles. The smallest absolute Gasteiger partial charge is 0.131 e. The van der Waals surface area contributed by atoms with Crippen LogP contribution < -0.4 is 10.6 Å². The summed E-state index contributed by atoms with van der Waals surface area (Å²) in [6.45, 7) is 6.34. The predicted octanol–water partition coefficient (Wildman–Crippen LogP) is 3.29. The molecule has 0 aromatic carbocycles. The van der Waals surface area contributed by atoms with Gasteiger partial charge in [-0.05, 0) is 54.3 Å². The minimum Gasteiger partial charge on any atom is -0.352 e. The van der Waals surface area contributed by atoms with Crippen molar-refractivity contribution in [1.29, 1.82) is 0 Å². The van der Waals surface area contributed by atoms with Crippen LogP contribution in [0.5, 0.6) is 0 Å². The van der Waals surface area contributed by atoms with Crippen LogP contribution in [0.15, 0.2) is 23.7 Å². The molecule has 2 aromatic rings.